The summed E-state index contributed by atoms with van der Waals surface area (Å²) in [5.74, 6) is 1.52. The number of guanidine groups is 1. The molecule has 166 valence electrons. The van der Waals surface area contributed by atoms with E-state index in [-0.39, 0.29) is 34.9 Å². The van der Waals surface area contributed by atoms with Crippen molar-refractivity contribution >= 4 is 5.96 Å². The lowest BCUT2D eigenvalue weighted by molar-refractivity contribution is -0.241. The van der Waals surface area contributed by atoms with Crippen LogP contribution in [0.1, 0.15) is 37.8 Å². The van der Waals surface area contributed by atoms with Gasteiger partial charge >= 0.3 is 0 Å². The van der Waals surface area contributed by atoms with Gasteiger partial charge in [-0.15, -0.1) is 0 Å². The Morgan fingerprint density at radius 1 is 1.32 bits per heavy atom. The molecule has 0 radical (unpaired) electrons. The zero-order valence-electron chi connectivity index (χ0n) is 18.6. The van der Waals surface area contributed by atoms with Crippen molar-refractivity contribution in [1.82, 2.24) is 4.90 Å². The minimum atomic E-state index is -0.965. The molecular formula is C24H31N3O4. The number of nitrogens with two attached hydrogens (primary N) is 1. The van der Waals surface area contributed by atoms with Gasteiger partial charge in [0.15, 0.2) is 17.5 Å². The number of fused-ring (bicyclic) bond motifs is 1. The van der Waals surface area contributed by atoms with Crippen molar-refractivity contribution in [2.45, 2.75) is 61.9 Å². The summed E-state index contributed by atoms with van der Waals surface area (Å²) in [5, 5.41) is 19.6. The van der Waals surface area contributed by atoms with E-state index in [2.05, 4.69) is 23.1 Å². The summed E-state index contributed by atoms with van der Waals surface area (Å²) in [7, 11) is 3.41. The van der Waals surface area contributed by atoms with Crippen molar-refractivity contribution in [2.75, 3.05) is 20.8 Å². The minimum Gasteiger partial charge on any atom is -0.493 e. The normalized spacial score (nSPS) is 41.1. The van der Waals surface area contributed by atoms with Gasteiger partial charge < -0.3 is 30.0 Å². The molecule has 6 atom stereocenters. The highest BCUT2D eigenvalue weighted by Crippen LogP contribution is 2.75. The Morgan fingerprint density at radius 2 is 2.10 bits per heavy atom. The molecule has 7 rings (SSSR count). The number of methoxy groups -OCH3 is 2. The van der Waals surface area contributed by atoms with Crippen LogP contribution in [0.4, 0.5) is 0 Å². The molecule has 7 nitrogen and oxygen atoms in total. The van der Waals surface area contributed by atoms with Crippen LogP contribution in [0.3, 0.4) is 0 Å². The maximum absolute atomic E-state index is 11.3. The third-order valence-electron chi connectivity index (χ3n) is 9.17. The lowest BCUT2D eigenvalue weighted by Crippen LogP contribution is -2.81. The molecule has 2 heterocycles. The van der Waals surface area contributed by atoms with E-state index in [1.165, 1.54) is 11.1 Å². The predicted octanol–water partition coefficient (Wildman–Crippen LogP) is 1.95. The van der Waals surface area contributed by atoms with E-state index in [0.717, 1.165) is 30.8 Å². The third kappa shape index (κ3) is 1.89. The summed E-state index contributed by atoms with van der Waals surface area (Å²) in [6, 6.07) is 4.16. The molecule has 1 saturated heterocycles. The van der Waals surface area contributed by atoms with Crippen LogP contribution < -0.4 is 15.2 Å². The molecule has 7 heteroatoms. The maximum Gasteiger partial charge on any atom is 0.188 e. The molecule has 2 fully saturated rings. The standard InChI is InChI=1S/C24H31N3O4/c1-21(2,28)15-12-22-7-8-24(15,30-4)19-23(22)9-10-27(20(25)26)16(22)11-13-5-6-14(29-3)18(31-19)17(13)23/h5-8,15-16,19,28H,9-12H2,1-4H3,(H3,25,26)/t15-,16-,19-,22-,23+,24+/m1/s1. The molecule has 0 amide bonds. The largest absolute Gasteiger partial charge is 0.493 e. The van der Waals surface area contributed by atoms with E-state index < -0.39 is 11.2 Å². The number of aliphatic hydroxyl groups is 1. The van der Waals surface area contributed by atoms with Crippen molar-refractivity contribution in [3.05, 3.63) is 35.4 Å². The first-order valence-corrected chi connectivity index (χ1v) is 11.1. The number of ether oxygens (including phenoxy) is 3. The smallest absolute Gasteiger partial charge is 0.188 e. The lowest BCUT2D eigenvalue weighted by Gasteiger charge is -2.72. The number of benzene rings is 1. The number of likely N-dealkylation sites (tertiary alicyclic amines) is 1. The molecular weight excluding hydrogens is 394 g/mol. The summed E-state index contributed by atoms with van der Waals surface area (Å²) < 4.78 is 18.8. The fraction of sp³-hybridized carbons (Fsp3) is 0.625. The molecule has 4 N–H and O–H groups in total. The molecule has 0 aromatic heterocycles. The van der Waals surface area contributed by atoms with Crippen molar-refractivity contribution < 1.29 is 19.3 Å². The fourth-order valence-corrected chi connectivity index (χ4v) is 8.08. The van der Waals surface area contributed by atoms with Gasteiger partial charge in [-0.25, -0.2) is 0 Å². The van der Waals surface area contributed by atoms with Crippen LogP contribution in [-0.4, -0.2) is 60.1 Å². The molecule has 2 aliphatic heterocycles. The molecule has 6 aliphatic rings. The topological polar surface area (TPSA) is 101 Å². The van der Waals surface area contributed by atoms with Gasteiger partial charge in [-0.3, -0.25) is 5.41 Å². The van der Waals surface area contributed by atoms with E-state index >= 15 is 0 Å². The van der Waals surface area contributed by atoms with Gasteiger partial charge in [0.25, 0.3) is 0 Å². The van der Waals surface area contributed by atoms with E-state index in [1.807, 2.05) is 19.9 Å². The molecule has 4 bridgehead atoms. The van der Waals surface area contributed by atoms with Crippen LogP contribution in [0.2, 0.25) is 0 Å². The third-order valence-corrected chi connectivity index (χ3v) is 9.17. The summed E-state index contributed by atoms with van der Waals surface area (Å²) in [4.78, 5) is 2.06. The average molecular weight is 426 g/mol. The summed E-state index contributed by atoms with van der Waals surface area (Å²) in [6.45, 7) is 4.44. The molecule has 4 aliphatic carbocycles. The van der Waals surface area contributed by atoms with Crippen LogP contribution in [0.5, 0.6) is 11.5 Å². The lowest BCUT2D eigenvalue weighted by atomic mass is 9.36. The van der Waals surface area contributed by atoms with Crippen LogP contribution in [0.15, 0.2) is 24.3 Å². The van der Waals surface area contributed by atoms with Gasteiger partial charge in [0.2, 0.25) is 0 Å². The Kier molecular flexibility index (Phi) is 3.49. The zero-order valence-corrected chi connectivity index (χ0v) is 18.6. The summed E-state index contributed by atoms with van der Waals surface area (Å²) >= 11 is 0. The second-order valence-electron chi connectivity index (χ2n) is 10.5. The number of hydrogen-bond donors (Lipinski definition) is 3. The maximum atomic E-state index is 11.3. The Morgan fingerprint density at radius 3 is 2.74 bits per heavy atom. The minimum absolute atomic E-state index is 0.0351. The van der Waals surface area contributed by atoms with Crippen molar-refractivity contribution in [3.63, 3.8) is 0 Å². The van der Waals surface area contributed by atoms with Crippen molar-refractivity contribution in [1.29, 1.82) is 5.41 Å². The first kappa shape index (κ1) is 19.4. The van der Waals surface area contributed by atoms with E-state index in [4.69, 9.17) is 25.4 Å². The molecule has 1 aromatic carbocycles. The molecule has 0 unspecified atom stereocenters. The van der Waals surface area contributed by atoms with Gasteiger partial charge in [0, 0.05) is 36.6 Å². The van der Waals surface area contributed by atoms with Crippen LogP contribution in [0.25, 0.3) is 0 Å². The highest BCUT2D eigenvalue weighted by molar-refractivity contribution is 5.77. The predicted molar refractivity (Wildman–Crippen MR) is 116 cm³/mol. The van der Waals surface area contributed by atoms with Crippen LogP contribution >= 0.6 is 0 Å². The number of nitrogens with zero attached hydrogens (tertiary/aromatic N) is 1. The highest BCUT2D eigenvalue weighted by atomic mass is 16.6. The molecule has 1 aromatic rings. The zero-order chi connectivity index (χ0) is 22.0. The number of nitrogens with one attached hydrogen (secondary N) is 1. The molecule has 2 spiro atoms. The Hall–Kier alpha value is -2.25. The Balaban J connectivity index is 1.70. The second kappa shape index (κ2) is 5.56. The second-order valence-corrected chi connectivity index (χ2v) is 10.5. The summed E-state index contributed by atoms with van der Waals surface area (Å²) in [6.07, 6.45) is 6.53. The first-order chi connectivity index (χ1) is 14.7. The van der Waals surface area contributed by atoms with Gasteiger partial charge in [-0.05, 0) is 44.7 Å². The fourth-order valence-electron chi connectivity index (χ4n) is 8.08. The average Bonchev–Trinajstić information content (AvgIpc) is 3.09. The highest BCUT2D eigenvalue weighted by Gasteiger charge is 2.80. The van der Waals surface area contributed by atoms with Crippen molar-refractivity contribution in [2.24, 2.45) is 17.1 Å². The SMILES string of the molecule is COc1ccc2c3c1O[C@H]1[C@]4(OC)C=C[C@@]5(C[C@@H]4C(C)(C)O)[C@@H](C2)N(C(=N)N)CC[C@]315. The molecule has 31 heavy (non-hydrogen) atoms. The summed E-state index contributed by atoms with van der Waals surface area (Å²) in [5.41, 5.74) is 6.26. The quantitative estimate of drug-likeness (QED) is 0.389. The Labute approximate surface area is 182 Å². The van der Waals surface area contributed by atoms with Gasteiger partial charge in [0.05, 0.1) is 18.1 Å². The monoisotopic (exact) mass is 425 g/mol. The number of rotatable bonds is 3. The van der Waals surface area contributed by atoms with Gasteiger partial charge in [-0.2, -0.15) is 0 Å². The van der Waals surface area contributed by atoms with Gasteiger partial charge in [0.1, 0.15) is 11.7 Å². The number of hydrogen-bond acceptors (Lipinski definition) is 5. The van der Waals surface area contributed by atoms with Crippen LogP contribution in [0, 0.1) is 16.7 Å². The van der Waals surface area contributed by atoms with Gasteiger partial charge in [-0.1, -0.05) is 18.2 Å². The van der Waals surface area contributed by atoms with Crippen molar-refractivity contribution in [3.8, 4) is 11.5 Å². The van der Waals surface area contributed by atoms with E-state index in [0.29, 0.717) is 6.54 Å². The van der Waals surface area contributed by atoms with E-state index in [1.54, 1.807) is 14.2 Å². The van der Waals surface area contributed by atoms with Crippen LogP contribution in [-0.2, 0) is 16.6 Å². The Bertz CT molecular complexity index is 1030. The molecule has 1 saturated carbocycles. The number of piperidine rings is 1. The van der Waals surface area contributed by atoms with E-state index in [9.17, 15) is 5.11 Å². The first-order valence-electron chi connectivity index (χ1n) is 11.1.